The molecule has 1 atom stereocenters. The molecule has 1 aliphatic rings. The summed E-state index contributed by atoms with van der Waals surface area (Å²) >= 11 is 5.70. The molecule has 132 valence electrons. The maximum Gasteiger partial charge on any atom is 0.424 e. The van der Waals surface area contributed by atoms with E-state index in [0.29, 0.717) is 18.5 Å². The second kappa shape index (κ2) is 7.36. The second-order valence-electron chi connectivity index (χ2n) is 6.53. The van der Waals surface area contributed by atoms with E-state index >= 15 is 0 Å². The fourth-order valence-corrected chi connectivity index (χ4v) is 2.41. The van der Waals surface area contributed by atoms with Gasteiger partial charge in [0, 0.05) is 18.7 Å². The number of ether oxygens (including phenoxy) is 1. The molecule has 1 saturated heterocycles. The molecule has 2 rings (SSSR count). The molecular weight excluding hydrogens is 337 g/mol. The first kappa shape index (κ1) is 18.5. The Balaban J connectivity index is 1.86. The van der Waals surface area contributed by atoms with Gasteiger partial charge in [-0.25, -0.2) is 19.6 Å². The molecule has 1 fully saturated rings. The van der Waals surface area contributed by atoms with E-state index in [-0.39, 0.29) is 17.5 Å². The molecule has 0 spiro atoms. The van der Waals surface area contributed by atoms with Crippen molar-refractivity contribution in [3.8, 4) is 0 Å². The van der Waals surface area contributed by atoms with E-state index in [1.807, 2.05) is 0 Å². The molecule has 1 heterocycles. The van der Waals surface area contributed by atoms with Gasteiger partial charge in [-0.3, -0.25) is 4.79 Å². The number of benzene rings is 1. The molecule has 0 aromatic heterocycles. The summed E-state index contributed by atoms with van der Waals surface area (Å²) in [4.78, 5) is 24.1. The highest BCUT2D eigenvalue weighted by atomic mass is 35.5. The van der Waals surface area contributed by atoms with Gasteiger partial charge in [0.2, 0.25) is 5.91 Å². The molecule has 8 heteroatoms. The summed E-state index contributed by atoms with van der Waals surface area (Å²) in [7, 11) is 0. The first-order chi connectivity index (χ1) is 11.2. The lowest BCUT2D eigenvalue weighted by Gasteiger charge is -2.24. The predicted octanol–water partition coefficient (Wildman–Crippen LogP) is 2.61. The van der Waals surface area contributed by atoms with Crippen LogP contribution in [0, 0.1) is 5.82 Å². The van der Waals surface area contributed by atoms with Crippen molar-refractivity contribution < 1.29 is 18.7 Å². The summed E-state index contributed by atoms with van der Waals surface area (Å²) in [5.41, 5.74) is 2.50. The number of rotatable bonds is 3. The molecule has 1 aliphatic heterocycles. The van der Waals surface area contributed by atoms with Gasteiger partial charge in [-0.05, 0) is 33.3 Å². The number of hydrogen-bond donors (Lipinski definition) is 2. The van der Waals surface area contributed by atoms with Crippen LogP contribution in [0.15, 0.2) is 18.2 Å². The number of hydrogen-bond acceptors (Lipinski definition) is 4. The van der Waals surface area contributed by atoms with Crippen LogP contribution in [0.5, 0.6) is 0 Å². The Morgan fingerprint density at radius 1 is 1.46 bits per heavy atom. The van der Waals surface area contributed by atoms with Crippen LogP contribution in [0.2, 0.25) is 5.02 Å². The van der Waals surface area contributed by atoms with Crippen molar-refractivity contribution in [2.24, 2.45) is 0 Å². The van der Waals surface area contributed by atoms with Crippen molar-refractivity contribution in [1.29, 1.82) is 0 Å². The predicted molar refractivity (Wildman–Crippen MR) is 87.7 cm³/mol. The van der Waals surface area contributed by atoms with Crippen LogP contribution in [0.25, 0.3) is 0 Å². The first-order valence-electron chi connectivity index (χ1n) is 7.64. The minimum atomic E-state index is -0.608. The summed E-state index contributed by atoms with van der Waals surface area (Å²) in [6, 6.07) is 4.04. The molecule has 1 aromatic rings. The molecule has 6 nitrogen and oxygen atoms in total. The zero-order valence-corrected chi connectivity index (χ0v) is 14.6. The minimum Gasteiger partial charge on any atom is -0.443 e. The minimum absolute atomic E-state index is 0.0110. The number of hydrazine groups is 1. The molecule has 1 aromatic carbocycles. The lowest BCUT2D eigenvalue weighted by Crippen LogP contribution is -2.48. The maximum absolute atomic E-state index is 13.8. The Morgan fingerprint density at radius 2 is 2.17 bits per heavy atom. The Kier molecular flexibility index (Phi) is 5.66. The van der Waals surface area contributed by atoms with E-state index in [4.69, 9.17) is 16.3 Å². The van der Waals surface area contributed by atoms with E-state index in [1.54, 1.807) is 32.9 Å². The maximum atomic E-state index is 13.8. The fraction of sp³-hybridized carbons (Fsp3) is 0.500. The number of nitrogens with zero attached hydrogens (tertiary/aromatic N) is 1. The van der Waals surface area contributed by atoms with Crippen LogP contribution < -0.4 is 10.7 Å². The molecule has 0 aliphatic carbocycles. The second-order valence-corrected chi connectivity index (χ2v) is 6.94. The topological polar surface area (TPSA) is 70.7 Å². The van der Waals surface area contributed by atoms with E-state index in [9.17, 15) is 14.0 Å². The normalized spacial score (nSPS) is 17.7. The van der Waals surface area contributed by atoms with Crippen molar-refractivity contribution in [2.75, 3.05) is 6.54 Å². The van der Waals surface area contributed by atoms with Gasteiger partial charge in [-0.2, -0.15) is 0 Å². The summed E-state index contributed by atoms with van der Waals surface area (Å²) in [5, 5.41) is 3.92. The largest absolute Gasteiger partial charge is 0.443 e. The highest BCUT2D eigenvalue weighted by Gasteiger charge is 2.33. The molecule has 2 amide bonds. The number of amides is 2. The quantitative estimate of drug-likeness (QED) is 0.872. The van der Waals surface area contributed by atoms with Crippen molar-refractivity contribution in [3.05, 3.63) is 34.6 Å². The average molecular weight is 358 g/mol. The van der Waals surface area contributed by atoms with Crippen molar-refractivity contribution in [1.82, 2.24) is 15.8 Å². The van der Waals surface area contributed by atoms with E-state index < -0.39 is 23.6 Å². The molecule has 0 saturated carbocycles. The highest BCUT2D eigenvalue weighted by Crippen LogP contribution is 2.18. The van der Waals surface area contributed by atoms with Gasteiger partial charge in [0.1, 0.15) is 17.5 Å². The molecule has 0 radical (unpaired) electrons. The SMILES string of the molecule is CC(C)(C)OC(=O)N1CC[C@@H](C(=O)NCc2cccc(Cl)c2F)N1. The van der Waals surface area contributed by atoms with Crippen LogP contribution >= 0.6 is 11.6 Å². The summed E-state index contributed by atoms with van der Waals surface area (Å²) in [6.07, 6.45) is -0.0815. The van der Waals surface area contributed by atoms with Gasteiger partial charge in [0.05, 0.1) is 5.02 Å². The molecule has 24 heavy (non-hydrogen) atoms. The van der Waals surface area contributed by atoms with E-state index in [2.05, 4.69) is 10.7 Å². The third kappa shape index (κ3) is 4.82. The Labute approximate surface area is 145 Å². The van der Waals surface area contributed by atoms with Gasteiger partial charge in [-0.15, -0.1) is 0 Å². The highest BCUT2D eigenvalue weighted by molar-refractivity contribution is 6.30. The number of nitrogens with one attached hydrogen (secondary N) is 2. The molecular formula is C16H21ClFN3O3. The smallest absolute Gasteiger partial charge is 0.424 e. The summed E-state index contributed by atoms with van der Waals surface area (Å²) < 4.78 is 19.0. The monoisotopic (exact) mass is 357 g/mol. The zero-order chi connectivity index (χ0) is 17.9. The van der Waals surface area contributed by atoms with E-state index in [0.717, 1.165) is 0 Å². The summed E-state index contributed by atoms with van der Waals surface area (Å²) in [6.45, 7) is 5.69. The van der Waals surface area contributed by atoms with Crippen LogP contribution in [0.3, 0.4) is 0 Å². The Bertz CT molecular complexity index is 633. The lowest BCUT2D eigenvalue weighted by atomic mass is 10.2. The number of carbonyl (C=O) groups is 2. The van der Waals surface area contributed by atoms with Crippen LogP contribution in [-0.4, -0.2) is 35.2 Å². The zero-order valence-electron chi connectivity index (χ0n) is 13.9. The number of halogens is 2. The fourth-order valence-electron chi connectivity index (χ4n) is 2.22. The van der Waals surface area contributed by atoms with Gasteiger partial charge >= 0.3 is 6.09 Å². The molecule has 0 bridgehead atoms. The van der Waals surface area contributed by atoms with Gasteiger partial charge in [0.15, 0.2) is 0 Å². The van der Waals surface area contributed by atoms with Gasteiger partial charge in [-0.1, -0.05) is 23.7 Å². The Hall–Kier alpha value is -1.86. The van der Waals surface area contributed by atoms with Crippen molar-refractivity contribution in [2.45, 2.75) is 45.4 Å². The van der Waals surface area contributed by atoms with Crippen molar-refractivity contribution >= 4 is 23.6 Å². The van der Waals surface area contributed by atoms with Gasteiger partial charge in [0.25, 0.3) is 0 Å². The lowest BCUT2D eigenvalue weighted by molar-refractivity contribution is -0.123. The molecule has 2 N–H and O–H groups in total. The average Bonchev–Trinajstić information content (AvgIpc) is 2.97. The third-order valence-corrected chi connectivity index (χ3v) is 3.66. The summed E-state index contributed by atoms with van der Waals surface area (Å²) in [5.74, 6) is -0.866. The van der Waals surface area contributed by atoms with Crippen LogP contribution in [0.1, 0.15) is 32.8 Å². The Morgan fingerprint density at radius 3 is 2.83 bits per heavy atom. The van der Waals surface area contributed by atoms with E-state index in [1.165, 1.54) is 11.1 Å². The van der Waals surface area contributed by atoms with Gasteiger partial charge < -0.3 is 10.1 Å². The third-order valence-electron chi connectivity index (χ3n) is 3.37. The van der Waals surface area contributed by atoms with Crippen molar-refractivity contribution in [3.63, 3.8) is 0 Å². The molecule has 0 unspecified atom stereocenters. The standard InChI is InChI=1S/C16H21ClFN3O3/c1-16(2,3)24-15(23)21-8-7-12(20-21)14(22)19-9-10-5-4-6-11(17)13(10)18/h4-6,12,20H,7-9H2,1-3H3,(H,19,22)/t12-/m0/s1. The van der Waals surface area contributed by atoms with Crippen LogP contribution in [0.4, 0.5) is 9.18 Å². The van der Waals surface area contributed by atoms with Crippen LogP contribution in [-0.2, 0) is 16.1 Å². The number of carbonyl (C=O) groups excluding carboxylic acids is 2. The first-order valence-corrected chi connectivity index (χ1v) is 8.02.